The van der Waals surface area contributed by atoms with Gasteiger partial charge in [0, 0.05) is 0 Å². The Morgan fingerprint density at radius 3 is 3.00 bits per heavy atom. The van der Waals surface area contributed by atoms with Gasteiger partial charge in [0.05, 0.1) is 6.04 Å². The normalized spacial score (nSPS) is 27.8. The average Bonchev–Trinajstić information content (AvgIpc) is 2.43. The second-order valence-corrected chi connectivity index (χ2v) is 3.58. The van der Waals surface area contributed by atoms with Crippen molar-refractivity contribution in [2.24, 2.45) is 11.8 Å². The average molecular weight is 156 g/mol. The molecule has 2 atom stereocenters. The van der Waals surface area contributed by atoms with Crippen molar-refractivity contribution in [1.82, 2.24) is 5.43 Å². The molecule has 10 heavy (non-hydrogen) atoms. The van der Waals surface area contributed by atoms with E-state index in [1.807, 2.05) is 11.8 Å². The van der Waals surface area contributed by atoms with Gasteiger partial charge >= 0.3 is 0 Å². The number of terminal acetylenes is 1. The highest BCUT2D eigenvalue weighted by Gasteiger charge is 2.22. The van der Waals surface area contributed by atoms with Gasteiger partial charge in [0.1, 0.15) is 0 Å². The highest BCUT2D eigenvalue weighted by atomic mass is 32.2. The van der Waals surface area contributed by atoms with E-state index in [0.717, 1.165) is 5.75 Å². The fraction of sp³-hybridized carbons (Fsp3) is 0.714. The van der Waals surface area contributed by atoms with Gasteiger partial charge in [0.25, 0.3) is 0 Å². The molecule has 0 amide bonds. The van der Waals surface area contributed by atoms with Gasteiger partial charge in [-0.15, -0.1) is 6.42 Å². The summed E-state index contributed by atoms with van der Waals surface area (Å²) in [6.45, 7) is 0. The second kappa shape index (κ2) is 3.87. The van der Waals surface area contributed by atoms with Crippen LogP contribution in [0, 0.1) is 18.3 Å². The van der Waals surface area contributed by atoms with Crippen LogP contribution in [0.2, 0.25) is 0 Å². The number of hydrogen-bond donors (Lipinski definition) is 2. The van der Waals surface area contributed by atoms with E-state index in [4.69, 9.17) is 12.3 Å². The van der Waals surface area contributed by atoms with Gasteiger partial charge in [0.15, 0.2) is 0 Å². The molecule has 0 aromatic carbocycles. The molecule has 3 N–H and O–H groups in total. The van der Waals surface area contributed by atoms with Crippen LogP contribution < -0.4 is 11.3 Å². The van der Waals surface area contributed by atoms with Gasteiger partial charge in [0.2, 0.25) is 0 Å². The summed E-state index contributed by atoms with van der Waals surface area (Å²) in [4.78, 5) is 0. The van der Waals surface area contributed by atoms with E-state index in [1.54, 1.807) is 0 Å². The number of nitrogens with one attached hydrogen (secondary N) is 1. The molecule has 1 fully saturated rings. The zero-order valence-corrected chi connectivity index (χ0v) is 6.66. The van der Waals surface area contributed by atoms with Gasteiger partial charge < -0.3 is 0 Å². The molecule has 1 aliphatic rings. The Morgan fingerprint density at radius 1 is 1.80 bits per heavy atom. The van der Waals surface area contributed by atoms with E-state index >= 15 is 0 Å². The summed E-state index contributed by atoms with van der Waals surface area (Å²) in [6, 6.07) is 0.0787. The van der Waals surface area contributed by atoms with E-state index in [0.29, 0.717) is 5.92 Å². The zero-order chi connectivity index (χ0) is 7.40. The largest absolute Gasteiger partial charge is 0.270 e. The molecule has 1 saturated heterocycles. The van der Waals surface area contributed by atoms with Crippen LogP contribution in [0.25, 0.3) is 0 Å². The van der Waals surface area contributed by atoms with Gasteiger partial charge in [-0.2, -0.15) is 11.8 Å². The van der Waals surface area contributed by atoms with Crippen molar-refractivity contribution < 1.29 is 0 Å². The number of thioether (sulfide) groups is 1. The first-order valence-electron chi connectivity index (χ1n) is 3.38. The van der Waals surface area contributed by atoms with Crippen LogP contribution in [0.1, 0.15) is 6.42 Å². The first kappa shape index (κ1) is 7.93. The lowest BCUT2D eigenvalue weighted by molar-refractivity contribution is 0.463. The molecule has 56 valence electrons. The molecule has 3 heteroatoms. The Balaban J connectivity index is 2.38. The quantitative estimate of drug-likeness (QED) is 0.341. The summed E-state index contributed by atoms with van der Waals surface area (Å²) in [5.41, 5.74) is 2.64. The van der Waals surface area contributed by atoms with E-state index < -0.39 is 0 Å². The van der Waals surface area contributed by atoms with Crippen LogP contribution in [0.4, 0.5) is 0 Å². The number of hydrogen-bond acceptors (Lipinski definition) is 3. The molecule has 2 nitrogen and oxygen atoms in total. The second-order valence-electron chi connectivity index (χ2n) is 2.43. The monoisotopic (exact) mass is 156 g/mol. The number of nitrogens with two attached hydrogens (primary N) is 1. The van der Waals surface area contributed by atoms with Crippen molar-refractivity contribution in [3.63, 3.8) is 0 Å². The molecule has 0 bridgehead atoms. The number of rotatable bonds is 2. The summed E-state index contributed by atoms with van der Waals surface area (Å²) in [6.07, 6.45) is 6.46. The smallest absolute Gasteiger partial charge is 0.0851 e. The van der Waals surface area contributed by atoms with Crippen molar-refractivity contribution in [2.45, 2.75) is 12.5 Å². The van der Waals surface area contributed by atoms with Crippen LogP contribution in [0.15, 0.2) is 0 Å². The summed E-state index contributed by atoms with van der Waals surface area (Å²) in [5.74, 6) is 10.9. The van der Waals surface area contributed by atoms with Gasteiger partial charge in [-0.1, -0.05) is 5.92 Å². The topological polar surface area (TPSA) is 38.0 Å². The standard InChI is InChI=1S/C7H12N2S/c1-2-7(9-8)6-3-4-10-5-6/h1,6-7,9H,3-5,8H2. The van der Waals surface area contributed by atoms with Crippen molar-refractivity contribution in [3.8, 4) is 12.3 Å². The van der Waals surface area contributed by atoms with E-state index in [2.05, 4.69) is 11.3 Å². The van der Waals surface area contributed by atoms with Crippen LogP contribution in [0.5, 0.6) is 0 Å². The molecular formula is C7H12N2S. The third-order valence-corrected chi connectivity index (χ3v) is 2.98. The van der Waals surface area contributed by atoms with Gasteiger partial charge in [-0.3, -0.25) is 5.84 Å². The highest BCUT2D eigenvalue weighted by molar-refractivity contribution is 7.99. The van der Waals surface area contributed by atoms with Crippen LogP contribution in [0.3, 0.4) is 0 Å². The molecular weight excluding hydrogens is 144 g/mol. The molecule has 1 aliphatic heterocycles. The van der Waals surface area contributed by atoms with Gasteiger partial charge in [-0.05, 0) is 23.8 Å². The van der Waals surface area contributed by atoms with Crippen molar-refractivity contribution >= 4 is 11.8 Å². The molecule has 1 rings (SSSR count). The predicted octanol–water partition coefficient (Wildman–Crippen LogP) is 0.205. The van der Waals surface area contributed by atoms with E-state index in [1.165, 1.54) is 12.2 Å². The summed E-state index contributed by atoms with van der Waals surface area (Å²) < 4.78 is 0. The number of hydrazine groups is 1. The minimum atomic E-state index is 0.0787. The summed E-state index contributed by atoms with van der Waals surface area (Å²) in [7, 11) is 0. The van der Waals surface area contributed by atoms with Crippen molar-refractivity contribution in [3.05, 3.63) is 0 Å². The maximum Gasteiger partial charge on any atom is 0.0851 e. The molecule has 1 heterocycles. The molecule has 0 aromatic heterocycles. The lowest BCUT2D eigenvalue weighted by Gasteiger charge is -2.14. The maximum atomic E-state index is 5.26. The Labute approximate surface area is 65.9 Å². The molecule has 0 aromatic rings. The van der Waals surface area contributed by atoms with Crippen LogP contribution in [-0.2, 0) is 0 Å². The summed E-state index contributed by atoms with van der Waals surface area (Å²) >= 11 is 1.95. The molecule has 0 aliphatic carbocycles. The first-order valence-corrected chi connectivity index (χ1v) is 4.54. The van der Waals surface area contributed by atoms with Crippen molar-refractivity contribution in [2.75, 3.05) is 11.5 Å². The summed E-state index contributed by atoms with van der Waals surface area (Å²) in [5, 5.41) is 0. The fourth-order valence-electron chi connectivity index (χ4n) is 1.14. The minimum Gasteiger partial charge on any atom is -0.270 e. The Hall–Kier alpha value is -0.170. The first-order chi connectivity index (χ1) is 4.88. The molecule has 0 spiro atoms. The highest BCUT2D eigenvalue weighted by Crippen LogP contribution is 2.25. The SMILES string of the molecule is C#CC(NN)C1CCSC1. The molecule has 0 saturated carbocycles. The van der Waals surface area contributed by atoms with Gasteiger partial charge in [-0.25, -0.2) is 5.43 Å². The molecule has 0 radical (unpaired) electrons. The minimum absolute atomic E-state index is 0.0787. The fourth-order valence-corrected chi connectivity index (χ4v) is 2.43. The van der Waals surface area contributed by atoms with E-state index in [9.17, 15) is 0 Å². The third kappa shape index (κ3) is 1.66. The lowest BCUT2D eigenvalue weighted by atomic mass is 10.0. The molecule has 2 unspecified atom stereocenters. The van der Waals surface area contributed by atoms with Crippen molar-refractivity contribution in [1.29, 1.82) is 0 Å². The van der Waals surface area contributed by atoms with E-state index in [-0.39, 0.29) is 6.04 Å². The Kier molecular flexibility index (Phi) is 3.07. The lowest BCUT2D eigenvalue weighted by Crippen LogP contribution is -2.39. The Bertz CT molecular complexity index is 135. The Morgan fingerprint density at radius 2 is 2.60 bits per heavy atom. The zero-order valence-electron chi connectivity index (χ0n) is 5.84. The maximum absolute atomic E-state index is 5.26. The van der Waals surface area contributed by atoms with Crippen LogP contribution in [-0.4, -0.2) is 17.5 Å². The third-order valence-electron chi connectivity index (χ3n) is 1.80. The predicted molar refractivity (Wildman–Crippen MR) is 45.4 cm³/mol. The van der Waals surface area contributed by atoms with Crippen LogP contribution >= 0.6 is 11.8 Å².